The van der Waals surface area contributed by atoms with Gasteiger partial charge in [-0.25, -0.2) is 0 Å². The van der Waals surface area contributed by atoms with Crippen molar-refractivity contribution >= 4 is 16.3 Å². The number of para-hydroxylation sites is 2. The van der Waals surface area contributed by atoms with Gasteiger partial charge in [-0.05, 0) is 19.1 Å². The van der Waals surface area contributed by atoms with E-state index < -0.39 is 16.3 Å². The van der Waals surface area contributed by atoms with Crippen LogP contribution in [0.2, 0.25) is 0 Å². The van der Waals surface area contributed by atoms with Crippen LogP contribution in [0.3, 0.4) is 0 Å². The van der Waals surface area contributed by atoms with E-state index >= 15 is 0 Å². The number of carbonyl (C=O) groups is 1. The summed E-state index contributed by atoms with van der Waals surface area (Å²) in [7, 11) is -4.09. The van der Waals surface area contributed by atoms with Crippen molar-refractivity contribution in [3.8, 4) is 11.5 Å². The molecule has 0 saturated heterocycles. The fraction of sp³-hybridized carbons (Fsp3) is 0.364. The van der Waals surface area contributed by atoms with Gasteiger partial charge in [0.05, 0.1) is 13.0 Å². The van der Waals surface area contributed by atoms with Gasteiger partial charge in [0.2, 0.25) is 0 Å². The molecule has 0 aliphatic carbocycles. The minimum atomic E-state index is -4.09. The molecule has 0 spiro atoms. The Morgan fingerprint density at radius 1 is 1.37 bits per heavy atom. The third-order valence-corrected chi connectivity index (χ3v) is 2.93. The van der Waals surface area contributed by atoms with E-state index in [1.54, 1.807) is 6.92 Å². The second kappa shape index (κ2) is 6.95. The topological polar surface area (TPSA) is 102 Å². The van der Waals surface area contributed by atoms with E-state index in [0.29, 0.717) is 0 Å². The van der Waals surface area contributed by atoms with Crippen molar-refractivity contribution in [3.63, 3.8) is 0 Å². The molecule has 0 bridgehead atoms. The summed E-state index contributed by atoms with van der Waals surface area (Å²) in [6, 6.07) is 5.65. The lowest BCUT2D eigenvalue weighted by Crippen LogP contribution is -2.30. The average molecular weight is 289 g/mol. The van der Waals surface area contributed by atoms with Crippen LogP contribution in [0.15, 0.2) is 24.3 Å². The molecule has 1 rings (SSSR count). The van der Waals surface area contributed by atoms with Crippen LogP contribution in [0.5, 0.6) is 11.5 Å². The molecule has 1 aromatic carbocycles. The lowest BCUT2D eigenvalue weighted by atomic mass is 10.3. The van der Waals surface area contributed by atoms with Crippen LogP contribution in [-0.2, 0) is 19.8 Å². The normalized spacial score (nSPS) is 11.0. The molecule has 0 aliphatic rings. The maximum Gasteiger partial charge on any atom is 0.382 e. The van der Waals surface area contributed by atoms with Gasteiger partial charge in [0, 0.05) is 6.54 Å². The molecule has 0 saturated carbocycles. The molecule has 7 nitrogen and oxygen atoms in total. The van der Waals surface area contributed by atoms with E-state index in [1.807, 2.05) is 0 Å². The van der Waals surface area contributed by atoms with E-state index in [1.165, 1.54) is 24.3 Å². The number of hydrogen-bond donors (Lipinski definition) is 2. The fourth-order valence-corrected chi connectivity index (χ4v) is 1.97. The Balaban J connectivity index is 2.49. The molecule has 0 atom stereocenters. The van der Waals surface area contributed by atoms with Crippen molar-refractivity contribution in [1.82, 2.24) is 4.72 Å². The zero-order chi connectivity index (χ0) is 14.3. The van der Waals surface area contributed by atoms with Crippen molar-refractivity contribution < 1.29 is 27.2 Å². The largest absolute Gasteiger partial charge is 0.504 e. The van der Waals surface area contributed by atoms with Crippen molar-refractivity contribution in [3.05, 3.63) is 24.3 Å². The van der Waals surface area contributed by atoms with E-state index in [0.717, 1.165) is 0 Å². The van der Waals surface area contributed by atoms with Crippen LogP contribution in [0, 0.1) is 0 Å². The second-order valence-corrected chi connectivity index (χ2v) is 4.82. The predicted molar refractivity (Wildman–Crippen MR) is 66.9 cm³/mol. The average Bonchev–Trinajstić information content (AvgIpc) is 2.32. The number of phenols is 1. The number of rotatable bonds is 7. The molecule has 2 N–H and O–H groups in total. The molecule has 0 amide bonds. The van der Waals surface area contributed by atoms with Crippen molar-refractivity contribution in [1.29, 1.82) is 0 Å². The van der Waals surface area contributed by atoms with Crippen LogP contribution in [-0.4, -0.2) is 32.6 Å². The highest BCUT2D eigenvalue weighted by molar-refractivity contribution is 7.85. The standard InChI is InChI=1S/C11H15NO6S/c1-2-17-11(14)7-8-12-19(15,16)18-10-6-4-3-5-9(10)13/h3-6,12-13H,2,7-8H2,1H3. The Bertz CT molecular complexity index is 528. The summed E-state index contributed by atoms with van der Waals surface area (Å²) in [5, 5.41) is 9.37. The van der Waals surface area contributed by atoms with E-state index in [4.69, 9.17) is 0 Å². The molecule has 0 fully saturated rings. The zero-order valence-corrected chi connectivity index (χ0v) is 11.1. The molecule has 0 aromatic heterocycles. The van der Waals surface area contributed by atoms with Crippen molar-refractivity contribution in [2.24, 2.45) is 0 Å². The van der Waals surface area contributed by atoms with Gasteiger partial charge in [-0.3, -0.25) is 4.79 Å². The quantitative estimate of drug-likeness (QED) is 0.711. The minimum Gasteiger partial charge on any atom is -0.504 e. The minimum absolute atomic E-state index is 0.1000. The van der Waals surface area contributed by atoms with Crippen molar-refractivity contribution in [2.75, 3.05) is 13.2 Å². The van der Waals surface area contributed by atoms with Gasteiger partial charge in [0.1, 0.15) is 0 Å². The number of nitrogens with one attached hydrogen (secondary N) is 1. The predicted octanol–water partition coefficient (Wildman–Crippen LogP) is 0.559. The second-order valence-electron chi connectivity index (χ2n) is 3.45. The summed E-state index contributed by atoms with van der Waals surface area (Å²) < 4.78 is 34.3. The van der Waals surface area contributed by atoms with Crippen LogP contribution in [0.4, 0.5) is 0 Å². The molecule has 0 aliphatic heterocycles. The third kappa shape index (κ3) is 5.58. The van der Waals surface area contributed by atoms with Gasteiger partial charge in [0.25, 0.3) is 0 Å². The molecule has 8 heteroatoms. The van der Waals surface area contributed by atoms with Crippen LogP contribution in [0.25, 0.3) is 0 Å². The van der Waals surface area contributed by atoms with Crippen LogP contribution < -0.4 is 8.91 Å². The molecule has 106 valence electrons. The van der Waals surface area contributed by atoms with Crippen molar-refractivity contribution in [2.45, 2.75) is 13.3 Å². The smallest absolute Gasteiger partial charge is 0.382 e. The van der Waals surface area contributed by atoms with Gasteiger partial charge in [-0.1, -0.05) is 12.1 Å². The van der Waals surface area contributed by atoms with Gasteiger partial charge < -0.3 is 14.0 Å². The first kappa shape index (κ1) is 15.3. The van der Waals surface area contributed by atoms with Gasteiger partial charge in [-0.15, -0.1) is 0 Å². The Morgan fingerprint density at radius 2 is 2.05 bits per heavy atom. The number of hydrogen-bond acceptors (Lipinski definition) is 6. The van der Waals surface area contributed by atoms with E-state index in [9.17, 15) is 18.3 Å². The SMILES string of the molecule is CCOC(=O)CCNS(=O)(=O)Oc1ccccc1O. The highest BCUT2D eigenvalue weighted by atomic mass is 32.2. The number of benzene rings is 1. The lowest BCUT2D eigenvalue weighted by molar-refractivity contribution is -0.142. The molecule has 0 heterocycles. The Kier molecular flexibility index (Phi) is 5.58. The summed E-state index contributed by atoms with van der Waals surface area (Å²) in [6.07, 6.45) is -0.1000. The maximum absolute atomic E-state index is 11.5. The highest BCUT2D eigenvalue weighted by Crippen LogP contribution is 2.25. The van der Waals surface area contributed by atoms with Gasteiger partial charge in [-0.2, -0.15) is 13.1 Å². The fourth-order valence-electron chi connectivity index (χ4n) is 1.19. The highest BCUT2D eigenvalue weighted by Gasteiger charge is 2.15. The maximum atomic E-state index is 11.5. The number of phenolic OH excluding ortho intramolecular Hbond substituents is 1. The monoisotopic (exact) mass is 289 g/mol. The third-order valence-electron chi connectivity index (χ3n) is 1.98. The molecule has 0 unspecified atom stereocenters. The Hall–Kier alpha value is -1.80. The summed E-state index contributed by atoms with van der Waals surface area (Å²) in [4.78, 5) is 11.0. The Labute approximate surface area is 111 Å². The zero-order valence-electron chi connectivity index (χ0n) is 10.3. The first-order valence-corrected chi connectivity index (χ1v) is 6.98. The van der Waals surface area contributed by atoms with Gasteiger partial charge in [0.15, 0.2) is 11.5 Å². The number of ether oxygens (including phenoxy) is 1. The number of aromatic hydroxyl groups is 1. The summed E-state index contributed by atoms with van der Waals surface area (Å²) >= 11 is 0. The van der Waals surface area contributed by atoms with Gasteiger partial charge >= 0.3 is 16.3 Å². The first-order chi connectivity index (χ1) is 8.94. The van der Waals surface area contributed by atoms with Crippen LogP contribution >= 0.6 is 0 Å². The molecular formula is C11H15NO6S. The Morgan fingerprint density at radius 3 is 2.68 bits per heavy atom. The summed E-state index contributed by atoms with van der Waals surface area (Å²) in [6.45, 7) is 1.75. The molecular weight excluding hydrogens is 274 g/mol. The molecule has 1 aromatic rings. The number of carbonyl (C=O) groups excluding carboxylic acids is 1. The molecule has 0 radical (unpaired) electrons. The lowest BCUT2D eigenvalue weighted by Gasteiger charge is -2.08. The summed E-state index contributed by atoms with van der Waals surface area (Å²) in [5.41, 5.74) is 0. The van der Waals surface area contributed by atoms with Crippen LogP contribution in [0.1, 0.15) is 13.3 Å². The molecule has 19 heavy (non-hydrogen) atoms. The first-order valence-electron chi connectivity index (χ1n) is 5.57. The van der Waals surface area contributed by atoms with E-state index in [-0.39, 0.29) is 31.1 Å². The van der Waals surface area contributed by atoms with E-state index in [2.05, 4.69) is 13.6 Å². The summed E-state index contributed by atoms with van der Waals surface area (Å²) in [5.74, 6) is -0.989. The number of esters is 1.